The Hall–Kier alpha value is -1.52. The first-order valence-electron chi connectivity index (χ1n) is 6.27. The molecule has 0 spiro atoms. The van der Waals surface area contributed by atoms with E-state index in [-0.39, 0.29) is 0 Å². The van der Waals surface area contributed by atoms with Crippen LogP contribution >= 0.6 is 22.9 Å². The highest BCUT2D eigenvalue weighted by molar-refractivity contribution is 7.15. The Morgan fingerprint density at radius 3 is 3.00 bits per heavy atom. The molecule has 1 aliphatic rings. The van der Waals surface area contributed by atoms with Gasteiger partial charge in [0, 0.05) is 9.90 Å². The van der Waals surface area contributed by atoms with Crippen molar-refractivity contribution in [3.8, 4) is 10.7 Å². The minimum atomic E-state index is 0.620. The minimum absolute atomic E-state index is 0.620. The zero-order chi connectivity index (χ0) is 13.0. The number of thiophene rings is 1. The van der Waals surface area contributed by atoms with E-state index in [4.69, 9.17) is 17.3 Å². The summed E-state index contributed by atoms with van der Waals surface area (Å²) < 4.78 is 0. The third-order valence-corrected chi connectivity index (χ3v) is 5.02. The van der Waals surface area contributed by atoms with Crippen molar-refractivity contribution in [2.24, 2.45) is 0 Å². The summed E-state index contributed by atoms with van der Waals surface area (Å²) in [6.45, 7) is 0. The second-order valence-electron chi connectivity index (χ2n) is 4.89. The molecule has 0 unspecified atom stereocenters. The molecule has 2 aromatic heterocycles. The molecule has 1 aliphatic carbocycles. The number of aryl methyl sites for hydroxylation is 2. The molecule has 96 valence electrons. The summed E-state index contributed by atoms with van der Waals surface area (Å²) in [6.07, 6.45) is 3.68. The lowest BCUT2D eigenvalue weighted by molar-refractivity contribution is 0.915. The smallest absolute Gasteiger partial charge is 0.148 e. The molecule has 3 N–H and O–H groups in total. The summed E-state index contributed by atoms with van der Waals surface area (Å²) in [4.78, 5) is 10.6. The molecule has 0 atom stereocenters. The van der Waals surface area contributed by atoms with Gasteiger partial charge >= 0.3 is 0 Å². The Labute approximate surface area is 119 Å². The highest BCUT2D eigenvalue weighted by Crippen LogP contribution is 2.36. The van der Waals surface area contributed by atoms with Crippen molar-refractivity contribution in [1.29, 1.82) is 0 Å². The number of nitrogen functional groups attached to an aromatic ring is 1. The lowest BCUT2D eigenvalue weighted by Crippen LogP contribution is -1.86. The molecule has 5 heteroatoms. The maximum absolute atomic E-state index is 6.01. The van der Waals surface area contributed by atoms with Crippen LogP contribution in [-0.4, -0.2) is 9.97 Å². The highest BCUT2D eigenvalue weighted by Gasteiger charge is 2.17. The van der Waals surface area contributed by atoms with Crippen LogP contribution in [0.4, 0.5) is 5.69 Å². The number of hydrogen-bond acceptors (Lipinski definition) is 3. The fraction of sp³-hybridized carbons (Fsp3) is 0.214. The summed E-state index contributed by atoms with van der Waals surface area (Å²) >= 11 is 7.85. The van der Waals surface area contributed by atoms with Crippen LogP contribution in [0.3, 0.4) is 0 Å². The van der Waals surface area contributed by atoms with Gasteiger partial charge in [-0.2, -0.15) is 0 Å². The second kappa shape index (κ2) is 3.99. The predicted molar refractivity (Wildman–Crippen MR) is 80.9 cm³/mol. The first-order valence-corrected chi connectivity index (χ1v) is 7.47. The van der Waals surface area contributed by atoms with Gasteiger partial charge in [0.25, 0.3) is 0 Å². The van der Waals surface area contributed by atoms with E-state index < -0.39 is 0 Å². The number of fused-ring (bicyclic) bond motifs is 2. The zero-order valence-corrected chi connectivity index (χ0v) is 11.7. The SMILES string of the molecule is Nc1cc(Cl)cc2[nH]c(-c3cc4c(s3)CCC4)nc12. The van der Waals surface area contributed by atoms with Gasteiger partial charge < -0.3 is 10.7 Å². The Kier molecular flexibility index (Phi) is 2.37. The number of hydrogen-bond donors (Lipinski definition) is 2. The number of halogens is 1. The Morgan fingerprint density at radius 2 is 2.16 bits per heavy atom. The maximum atomic E-state index is 6.01. The van der Waals surface area contributed by atoms with Crippen LogP contribution in [0.25, 0.3) is 21.7 Å². The minimum Gasteiger partial charge on any atom is -0.397 e. The van der Waals surface area contributed by atoms with Crippen molar-refractivity contribution in [3.63, 3.8) is 0 Å². The van der Waals surface area contributed by atoms with E-state index in [1.165, 1.54) is 34.6 Å². The number of nitrogens with one attached hydrogen (secondary N) is 1. The molecule has 0 amide bonds. The zero-order valence-electron chi connectivity index (χ0n) is 10.2. The van der Waals surface area contributed by atoms with Gasteiger partial charge in [0.1, 0.15) is 11.3 Å². The number of imidazole rings is 1. The van der Waals surface area contributed by atoms with E-state index in [1.54, 1.807) is 6.07 Å². The molecule has 0 aliphatic heterocycles. The summed E-state index contributed by atoms with van der Waals surface area (Å²) in [7, 11) is 0. The number of rotatable bonds is 1. The normalized spacial score (nSPS) is 14.2. The van der Waals surface area contributed by atoms with E-state index in [9.17, 15) is 0 Å². The average molecular weight is 290 g/mol. The fourth-order valence-corrected chi connectivity index (χ4v) is 4.10. The second-order valence-corrected chi connectivity index (χ2v) is 6.46. The van der Waals surface area contributed by atoms with Gasteiger partial charge in [-0.1, -0.05) is 11.6 Å². The molecular weight excluding hydrogens is 278 g/mol. The molecule has 3 aromatic rings. The molecule has 0 fully saturated rings. The van der Waals surface area contributed by atoms with Crippen molar-refractivity contribution in [2.75, 3.05) is 5.73 Å². The standard InChI is InChI=1S/C14H12ClN3S/c15-8-5-9(16)13-10(6-8)17-14(18-13)12-4-7-2-1-3-11(7)19-12/h4-6H,1-3,16H2,(H,17,18). The number of benzene rings is 1. The van der Waals surface area contributed by atoms with Gasteiger partial charge in [-0.25, -0.2) is 4.98 Å². The first kappa shape index (κ1) is 11.3. The predicted octanol–water partition coefficient (Wildman–Crippen LogP) is 4.02. The Balaban J connectivity index is 1.88. The molecule has 4 rings (SSSR count). The van der Waals surface area contributed by atoms with Crippen LogP contribution in [-0.2, 0) is 12.8 Å². The molecule has 0 saturated carbocycles. The van der Waals surface area contributed by atoms with Crippen LogP contribution in [0.1, 0.15) is 16.9 Å². The fourth-order valence-electron chi connectivity index (χ4n) is 2.67. The first-order chi connectivity index (χ1) is 9.20. The lowest BCUT2D eigenvalue weighted by atomic mass is 10.2. The van der Waals surface area contributed by atoms with Gasteiger partial charge in [0.2, 0.25) is 0 Å². The van der Waals surface area contributed by atoms with Crippen LogP contribution in [0.15, 0.2) is 18.2 Å². The molecule has 1 aromatic carbocycles. The van der Waals surface area contributed by atoms with E-state index in [0.717, 1.165) is 16.9 Å². The van der Waals surface area contributed by atoms with E-state index in [0.29, 0.717) is 10.7 Å². The van der Waals surface area contributed by atoms with Crippen LogP contribution in [0, 0.1) is 0 Å². The lowest BCUT2D eigenvalue weighted by Gasteiger charge is -1.94. The largest absolute Gasteiger partial charge is 0.397 e. The molecule has 0 saturated heterocycles. The maximum Gasteiger partial charge on any atom is 0.148 e. The topological polar surface area (TPSA) is 54.7 Å². The van der Waals surface area contributed by atoms with E-state index in [2.05, 4.69) is 16.0 Å². The number of nitrogens with zero attached hydrogens (tertiary/aromatic N) is 1. The number of nitrogens with two attached hydrogens (primary N) is 1. The van der Waals surface area contributed by atoms with Gasteiger partial charge in [-0.3, -0.25) is 0 Å². The third kappa shape index (κ3) is 1.75. The number of anilines is 1. The number of aromatic nitrogens is 2. The number of H-pyrrole nitrogens is 1. The third-order valence-electron chi connectivity index (χ3n) is 3.56. The molecule has 19 heavy (non-hydrogen) atoms. The van der Waals surface area contributed by atoms with E-state index in [1.807, 2.05) is 17.4 Å². The average Bonchev–Trinajstić information content (AvgIpc) is 2.98. The van der Waals surface area contributed by atoms with Gasteiger partial charge in [-0.15, -0.1) is 11.3 Å². The molecule has 2 heterocycles. The quantitative estimate of drug-likeness (QED) is 0.665. The molecular formula is C14H12ClN3S. The van der Waals surface area contributed by atoms with Crippen LogP contribution in [0.2, 0.25) is 5.02 Å². The molecule has 0 bridgehead atoms. The van der Waals surface area contributed by atoms with Crippen molar-refractivity contribution < 1.29 is 0 Å². The summed E-state index contributed by atoms with van der Waals surface area (Å²) in [5, 5.41) is 0.633. The summed E-state index contributed by atoms with van der Waals surface area (Å²) in [5.41, 5.74) is 9.75. The van der Waals surface area contributed by atoms with Crippen molar-refractivity contribution in [3.05, 3.63) is 33.7 Å². The Bertz CT molecular complexity index is 766. The van der Waals surface area contributed by atoms with Crippen LogP contribution in [0.5, 0.6) is 0 Å². The van der Waals surface area contributed by atoms with Crippen LogP contribution < -0.4 is 5.73 Å². The van der Waals surface area contributed by atoms with Crippen molar-refractivity contribution in [1.82, 2.24) is 9.97 Å². The Morgan fingerprint density at radius 1 is 1.26 bits per heavy atom. The monoisotopic (exact) mass is 289 g/mol. The van der Waals surface area contributed by atoms with Gasteiger partial charge in [0.05, 0.1) is 16.1 Å². The highest BCUT2D eigenvalue weighted by atomic mass is 35.5. The van der Waals surface area contributed by atoms with Crippen molar-refractivity contribution >= 4 is 39.7 Å². The summed E-state index contributed by atoms with van der Waals surface area (Å²) in [6, 6.07) is 5.86. The molecule has 3 nitrogen and oxygen atoms in total. The van der Waals surface area contributed by atoms with Gasteiger partial charge in [0.15, 0.2) is 0 Å². The summed E-state index contributed by atoms with van der Waals surface area (Å²) in [5.74, 6) is 0.892. The number of aromatic amines is 1. The molecule has 0 radical (unpaired) electrons. The van der Waals surface area contributed by atoms with Gasteiger partial charge in [-0.05, 0) is 43.0 Å². The van der Waals surface area contributed by atoms with Crippen molar-refractivity contribution in [2.45, 2.75) is 19.3 Å². The van der Waals surface area contributed by atoms with E-state index >= 15 is 0 Å².